The number of rotatable bonds is 6. The van der Waals surface area contributed by atoms with E-state index in [1.807, 2.05) is 18.2 Å². The third-order valence-corrected chi connectivity index (χ3v) is 3.77. The highest BCUT2D eigenvalue weighted by molar-refractivity contribution is 5.51. The van der Waals surface area contributed by atoms with Gasteiger partial charge in [0.2, 0.25) is 0 Å². The molecule has 0 aliphatic carbocycles. The number of para-hydroxylation sites is 2. The predicted molar refractivity (Wildman–Crippen MR) is 77.2 cm³/mol. The van der Waals surface area contributed by atoms with Gasteiger partial charge >= 0.3 is 0 Å². The number of hydrogen-bond acceptors (Lipinski definition) is 4. The van der Waals surface area contributed by atoms with Gasteiger partial charge in [-0.15, -0.1) is 0 Å². The van der Waals surface area contributed by atoms with Gasteiger partial charge in [0.1, 0.15) is 18.5 Å². The lowest BCUT2D eigenvalue weighted by molar-refractivity contribution is 0.0749. The molecule has 2 atom stereocenters. The summed E-state index contributed by atoms with van der Waals surface area (Å²) in [6.45, 7) is 5.39. The lowest BCUT2D eigenvalue weighted by atomic mass is 10.1. The standard InChI is InChI=1S/C15H24N2O2/c1-2-12-7-8-17(9-12)10-13(18)11-19-15-6-4-3-5-14(15)16/h3-6,12-13,18H,2,7-11,16H2,1H3. The van der Waals surface area contributed by atoms with Crippen molar-refractivity contribution >= 4 is 5.69 Å². The molecular weight excluding hydrogens is 240 g/mol. The number of nitrogens with two attached hydrogens (primary N) is 1. The van der Waals surface area contributed by atoms with Crippen LogP contribution in [0.5, 0.6) is 5.75 Å². The first-order chi connectivity index (χ1) is 9.19. The molecule has 0 spiro atoms. The van der Waals surface area contributed by atoms with E-state index in [2.05, 4.69) is 11.8 Å². The molecule has 0 bridgehead atoms. The van der Waals surface area contributed by atoms with Crippen molar-refractivity contribution in [3.63, 3.8) is 0 Å². The molecule has 106 valence electrons. The van der Waals surface area contributed by atoms with Crippen molar-refractivity contribution in [2.75, 3.05) is 32.0 Å². The molecule has 1 heterocycles. The van der Waals surface area contributed by atoms with Crippen LogP contribution in [0.4, 0.5) is 5.69 Å². The van der Waals surface area contributed by atoms with Crippen LogP contribution in [0.2, 0.25) is 0 Å². The summed E-state index contributed by atoms with van der Waals surface area (Å²) < 4.78 is 5.56. The van der Waals surface area contributed by atoms with E-state index in [0.717, 1.165) is 19.0 Å². The van der Waals surface area contributed by atoms with Crippen molar-refractivity contribution in [3.05, 3.63) is 24.3 Å². The zero-order valence-corrected chi connectivity index (χ0v) is 11.6. The number of β-amino-alcohol motifs (C(OH)–C–C–N with tert-alkyl or cyclic N) is 1. The number of nitrogen functional groups attached to an aromatic ring is 1. The second-order valence-corrected chi connectivity index (χ2v) is 5.33. The van der Waals surface area contributed by atoms with E-state index < -0.39 is 6.10 Å². The molecule has 1 saturated heterocycles. The molecule has 0 saturated carbocycles. The molecule has 1 aliphatic rings. The van der Waals surface area contributed by atoms with Gasteiger partial charge in [-0.2, -0.15) is 0 Å². The molecule has 4 nitrogen and oxygen atoms in total. The summed E-state index contributed by atoms with van der Waals surface area (Å²) in [7, 11) is 0. The number of hydrogen-bond donors (Lipinski definition) is 2. The minimum absolute atomic E-state index is 0.293. The number of nitrogens with zero attached hydrogens (tertiary/aromatic N) is 1. The van der Waals surface area contributed by atoms with Crippen LogP contribution in [0, 0.1) is 5.92 Å². The van der Waals surface area contributed by atoms with Gasteiger partial charge in [0, 0.05) is 13.1 Å². The maximum Gasteiger partial charge on any atom is 0.142 e. The minimum Gasteiger partial charge on any atom is -0.489 e. The first-order valence-electron chi connectivity index (χ1n) is 7.06. The van der Waals surface area contributed by atoms with Gasteiger partial charge < -0.3 is 20.5 Å². The molecule has 3 N–H and O–H groups in total. The first kappa shape index (κ1) is 14.2. The molecule has 4 heteroatoms. The van der Waals surface area contributed by atoms with E-state index in [1.54, 1.807) is 6.07 Å². The zero-order chi connectivity index (χ0) is 13.7. The smallest absolute Gasteiger partial charge is 0.142 e. The van der Waals surface area contributed by atoms with E-state index in [1.165, 1.54) is 12.8 Å². The first-order valence-corrected chi connectivity index (χ1v) is 7.06. The number of likely N-dealkylation sites (tertiary alicyclic amines) is 1. The van der Waals surface area contributed by atoms with E-state index in [9.17, 15) is 5.11 Å². The van der Waals surface area contributed by atoms with Crippen molar-refractivity contribution in [2.45, 2.75) is 25.9 Å². The van der Waals surface area contributed by atoms with Gasteiger partial charge in [-0.05, 0) is 31.0 Å². The van der Waals surface area contributed by atoms with Gasteiger partial charge in [-0.3, -0.25) is 0 Å². The normalized spacial score (nSPS) is 21.5. The number of anilines is 1. The van der Waals surface area contributed by atoms with Crippen LogP contribution in [-0.2, 0) is 0 Å². The Labute approximate surface area is 115 Å². The molecule has 0 amide bonds. The summed E-state index contributed by atoms with van der Waals surface area (Å²) in [5.41, 5.74) is 6.40. The SMILES string of the molecule is CCC1CCN(CC(O)COc2ccccc2N)C1. The summed E-state index contributed by atoms with van der Waals surface area (Å²) in [6.07, 6.45) is 2.01. The highest BCUT2D eigenvalue weighted by atomic mass is 16.5. The van der Waals surface area contributed by atoms with Crippen LogP contribution in [-0.4, -0.2) is 42.4 Å². The Hall–Kier alpha value is -1.26. The Morgan fingerprint density at radius 2 is 2.26 bits per heavy atom. The van der Waals surface area contributed by atoms with Crippen molar-refractivity contribution in [2.24, 2.45) is 5.92 Å². The van der Waals surface area contributed by atoms with Crippen LogP contribution in [0.25, 0.3) is 0 Å². The van der Waals surface area contributed by atoms with Crippen LogP contribution in [0.15, 0.2) is 24.3 Å². The van der Waals surface area contributed by atoms with E-state index in [0.29, 0.717) is 24.6 Å². The Bertz CT molecular complexity index is 397. The molecule has 1 aromatic rings. The van der Waals surface area contributed by atoms with Crippen LogP contribution >= 0.6 is 0 Å². The molecule has 1 fully saturated rings. The van der Waals surface area contributed by atoms with Gasteiger partial charge in [0.25, 0.3) is 0 Å². The highest BCUT2D eigenvalue weighted by Gasteiger charge is 2.22. The fourth-order valence-corrected chi connectivity index (χ4v) is 2.56. The lowest BCUT2D eigenvalue weighted by Gasteiger charge is -2.20. The minimum atomic E-state index is -0.463. The Balaban J connectivity index is 1.73. The third-order valence-electron chi connectivity index (χ3n) is 3.77. The summed E-state index contributed by atoms with van der Waals surface area (Å²) in [4.78, 5) is 2.32. The van der Waals surface area contributed by atoms with Crippen molar-refractivity contribution in [1.29, 1.82) is 0 Å². The number of aliphatic hydroxyl groups excluding tert-OH is 1. The van der Waals surface area contributed by atoms with E-state index in [4.69, 9.17) is 10.5 Å². The number of benzene rings is 1. The van der Waals surface area contributed by atoms with Gasteiger partial charge in [0.05, 0.1) is 5.69 Å². The fraction of sp³-hybridized carbons (Fsp3) is 0.600. The zero-order valence-electron chi connectivity index (χ0n) is 11.6. The fourth-order valence-electron chi connectivity index (χ4n) is 2.56. The van der Waals surface area contributed by atoms with E-state index >= 15 is 0 Å². The maximum absolute atomic E-state index is 10.0. The van der Waals surface area contributed by atoms with Gasteiger partial charge in [-0.25, -0.2) is 0 Å². The molecule has 1 aliphatic heterocycles. The summed E-state index contributed by atoms with van der Waals surface area (Å²) >= 11 is 0. The highest BCUT2D eigenvalue weighted by Crippen LogP contribution is 2.21. The molecule has 0 radical (unpaired) electrons. The molecule has 0 aromatic heterocycles. The van der Waals surface area contributed by atoms with Crippen LogP contribution in [0.3, 0.4) is 0 Å². The monoisotopic (exact) mass is 264 g/mol. The molecular formula is C15H24N2O2. The third kappa shape index (κ3) is 4.11. The largest absolute Gasteiger partial charge is 0.489 e. The number of aliphatic hydroxyl groups is 1. The average molecular weight is 264 g/mol. The second-order valence-electron chi connectivity index (χ2n) is 5.33. The Morgan fingerprint density at radius 3 is 2.95 bits per heavy atom. The van der Waals surface area contributed by atoms with Crippen molar-refractivity contribution in [1.82, 2.24) is 4.90 Å². The van der Waals surface area contributed by atoms with Gasteiger partial charge in [-0.1, -0.05) is 25.5 Å². The molecule has 2 rings (SSSR count). The second kappa shape index (κ2) is 6.78. The van der Waals surface area contributed by atoms with Crippen molar-refractivity contribution in [3.8, 4) is 5.75 Å². The number of ether oxygens (including phenoxy) is 1. The maximum atomic E-state index is 10.0. The quantitative estimate of drug-likeness (QED) is 0.768. The molecule has 1 aromatic carbocycles. The Kier molecular flexibility index (Phi) is 5.05. The van der Waals surface area contributed by atoms with E-state index in [-0.39, 0.29) is 0 Å². The van der Waals surface area contributed by atoms with Crippen molar-refractivity contribution < 1.29 is 9.84 Å². The summed E-state index contributed by atoms with van der Waals surface area (Å²) in [6, 6.07) is 7.37. The average Bonchev–Trinajstić information content (AvgIpc) is 2.85. The predicted octanol–water partition coefficient (Wildman–Crippen LogP) is 1.74. The molecule has 19 heavy (non-hydrogen) atoms. The Morgan fingerprint density at radius 1 is 1.47 bits per heavy atom. The van der Waals surface area contributed by atoms with Crippen LogP contribution in [0.1, 0.15) is 19.8 Å². The summed E-state index contributed by atoms with van der Waals surface area (Å²) in [5, 5.41) is 10.0. The lowest BCUT2D eigenvalue weighted by Crippen LogP contribution is -2.34. The topological polar surface area (TPSA) is 58.7 Å². The summed E-state index contributed by atoms with van der Waals surface area (Å²) in [5.74, 6) is 1.44. The van der Waals surface area contributed by atoms with Gasteiger partial charge in [0.15, 0.2) is 0 Å². The molecule has 2 unspecified atom stereocenters. The van der Waals surface area contributed by atoms with Crippen LogP contribution < -0.4 is 10.5 Å².